The Balaban J connectivity index is 2.12. The van der Waals surface area contributed by atoms with Crippen LogP contribution in [0, 0.1) is 11.8 Å². The summed E-state index contributed by atoms with van der Waals surface area (Å²) in [7, 11) is 2.57. The first-order valence-electron chi connectivity index (χ1n) is 9.69. The highest BCUT2D eigenvalue weighted by Crippen LogP contribution is 2.47. The average Bonchev–Trinajstić information content (AvgIpc) is 2.77. The van der Waals surface area contributed by atoms with Crippen molar-refractivity contribution in [3.63, 3.8) is 0 Å². The third-order valence-corrected chi connectivity index (χ3v) is 5.48. The quantitative estimate of drug-likeness (QED) is 0.581. The molecule has 2 aromatic rings. The van der Waals surface area contributed by atoms with Crippen LogP contribution in [-0.4, -0.2) is 42.6 Å². The number of carbonyl (C=O) groups excluding carboxylic acids is 2. The number of aliphatic hydroxyl groups is 1. The molecule has 2 aromatic carbocycles. The summed E-state index contributed by atoms with van der Waals surface area (Å²) in [6.07, 6.45) is 0.00962. The lowest BCUT2D eigenvalue weighted by Gasteiger charge is -2.44. The lowest BCUT2D eigenvalue weighted by atomic mass is 9.61. The van der Waals surface area contributed by atoms with Gasteiger partial charge in [0.2, 0.25) is 0 Å². The van der Waals surface area contributed by atoms with E-state index < -0.39 is 35.3 Å². The van der Waals surface area contributed by atoms with Crippen LogP contribution in [0.25, 0.3) is 0 Å². The molecule has 30 heavy (non-hydrogen) atoms. The van der Waals surface area contributed by atoms with E-state index in [0.29, 0.717) is 5.71 Å². The average molecular weight is 410 g/mol. The predicted molar refractivity (Wildman–Crippen MR) is 113 cm³/mol. The molecule has 1 aliphatic rings. The molecule has 0 spiro atoms. The molecule has 1 aliphatic carbocycles. The van der Waals surface area contributed by atoms with Gasteiger partial charge in [0.05, 0.1) is 37.1 Å². The van der Waals surface area contributed by atoms with Crippen molar-refractivity contribution in [3.8, 4) is 0 Å². The Morgan fingerprint density at radius 3 is 2.13 bits per heavy atom. The van der Waals surface area contributed by atoms with Crippen LogP contribution in [0.15, 0.2) is 65.8 Å². The third kappa shape index (κ3) is 4.36. The predicted octanol–water partition coefficient (Wildman–Crippen LogP) is 2.97. The Kier molecular flexibility index (Phi) is 6.52. The fourth-order valence-electron chi connectivity index (χ4n) is 4.13. The second kappa shape index (κ2) is 9.09. The van der Waals surface area contributed by atoms with Crippen molar-refractivity contribution in [1.82, 2.24) is 0 Å². The number of nitrogens with zero attached hydrogens (tertiary/aromatic N) is 1. The van der Waals surface area contributed by atoms with Gasteiger partial charge in [-0.3, -0.25) is 15.0 Å². The van der Waals surface area contributed by atoms with Gasteiger partial charge < -0.3 is 14.6 Å². The molecule has 0 amide bonds. The Labute approximate surface area is 175 Å². The van der Waals surface area contributed by atoms with Crippen LogP contribution in [0.2, 0.25) is 0 Å². The zero-order chi connectivity index (χ0) is 21.7. The van der Waals surface area contributed by atoms with Gasteiger partial charge in [0.15, 0.2) is 0 Å². The number of rotatable bonds is 5. The second-order valence-corrected chi connectivity index (χ2v) is 7.55. The highest BCUT2D eigenvalue weighted by molar-refractivity contribution is 6.06. The fraction of sp³-hybridized carbons (Fsp3) is 0.348. The smallest absolute Gasteiger partial charge is 0.315 e. The van der Waals surface area contributed by atoms with E-state index in [2.05, 4.69) is 10.5 Å². The van der Waals surface area contributed by atoms with Gasteiger partial charge in [0.1, 0.15) is 5.92 Å². The molecule has 4 unspecified atom stereocenters. The number of anilines is 1. The summed E-state index contributed by atoms with van der Waals surface area (Å²) in [4.78, 5) is 25.6. The molecule has 0 heterocycles. The van der Waals surface area contributed by atoms with Gasteiger partial charge in [-0.1, -0.05) is 48.5 Å². The van der Waals surface area contributed by atoms with E-state index in [0.717, 1.165) is 11.3 Å². The fourth-order valence-corrected chi connectivity index (χ4v) is 4.13. The molecule has 4 atom stereocenters. The van der Waals surface area contributed by atoms with E-state index >= 15 is 0 Å². The number of hydrogen-bond acceptors (Lipinski definition) is 7. The first kappa shape index (κ1) is 21.5. The van der Waals surface area contributed by atoms with Crippen molar-refractivity contribution in [2.24, 2.45) is 16.9 Å². The van der Waals surface area contributed by atoms with Crippen molar-refractivity contribution in [2.75, 3.05) is 19.6 Å². The number of hydrogen-bond donors (Lipinski definition) is 2. The minimum Gasteiger partial charge on any atom is -0.469 e. The van der Waals surface area contributed by atoms with Crippen molar-refractivity contribution in [3.05, 3.63) is 66.2 Å². The number of ether oxygens (including phenoxy) is 2. The van der Waals surface area contributed by atoms with E-state index in [1.54, 1.807) is 6.92 Å². The minimum absolute atomic E-state index is 0.00962. The summed E-state index contributed by atoms with van der Waals surface area (Å²) >= 11 is 0. The molecule has 7 heteroatoms. The normalized spacial score (nSPS) is 27.3. The Morgan fingerprint density at radius 2 is 1.57 bits per heavy atom. The van der Waals surface area contributed by atoms with Crippen LogP contribution in [0.5, 0.6) is 0 Å². The number of methoxy groups -OCH3 is 2. The molecular formula is C23H26N2O5. The van der Waals surface area contributed by atoms with Crippen LogP contribution < -0.4 is 5.43 Å². The molecule has 2 N–H and O–H groups in total. The van der Waals surface area contributed by atoms with Gasteiger partial charge in [-0.05, 0) is 24.6 Å². The Morgan fingerprint density at radius 1 is 1.00 bits per heavy atom. The number of benzene rings is 2. The van der Waals surface area contributed by atoms with Crippen LogP contribution >= 0.6 is 0 Å². The minimum atomic E-state index is -1.48. The molecule has 1 fully saturated rings. The lowest BCUT2D eigenvalue weighted by Crippen LogP contribution is -2.55. The number of carbonyl (C=O) groups is 2. The van der Waals surface area contributed by atoms with Gasteiger partial charge in [0, 0.05) is 12.3 Å². The topological polar surface area (TPSA) is 97.2 Å². The van der Waals surface area contributed by atoms with Crippen LogP contribution in [0.1, 0.15) is 24.8 Å². The molecule has 158 valence electrons. The molecule has 0 aliphatic heterocycles. The summed E-state index contributed by atoms with van der Waals surface area (Å²) < 4.78 is 10.1. The molecule has 0 bridgehead atoms. The molecular weight excluding hydrogens is 384 g/mol. The van der Waals surface area contributed by atoms with Crippen LogP contribution in [-0.2, 0) is 19.1 Å². The first-order valence-corrected chi connectivity index (χ1v) is 9.69. The molecule has 0 saturated heterocycles. The number of nitrogens with one attached hydrogen (secondary N) is 1. The monoisotopic (exact) mass is 410 g/mol. The molecule has 3 rings (SSSR count). The van der Waals surface area contributed by atoms with E-state index in [1.165, 1.54) is 14.2 Å². The van der Waals surface area contributed by atoms with Crippen molar-refractivity contribution >= 4 is 23.3 Å². The summed E-state index contributed by atoms with van der Waals surface area (Å²) in [5, 5.41) is 15.7. The summed E-state index contributed by atoms with van der Waals surface area (Å²) in [5.74, 6) is -3.64. The second-order valence-electron chi connectivity index (χ2n) is 7.55. The largest absolute Gasteiger partial charge is 0.469 e. The van der Waals surface area contributed by atoms with E-state index in [9.17, 15) is 14.7 Å². The molecule has 0 radical (unpaired) electrons. The van der Waals surface area contributed by atoms with E-state index in [-0.39, 0.29) is 6.42 Å². The highest BCUT2D eigenvalue weighted by atomic mass is 16.5. The van der Waals surface area contributed by atoms with Crippen LogP contribution in [0.3, 0.4) is 0 Å². The molecule has 1 saturated carbocycles. The Hall–Kier alpha value is -3.19. The zero-order valence-corrected chi connectivity index (χ0v) is 17.2. The summed E-state index contributed by atoms with van der Waals surface area (Å²) in [6.45, 7) is 1.57. The molecule has 0 aromatic heterocycles. The maximum Gasteiger partial charge on any atom is 0.315 e. The van der Waals surface area contributed by atoms with Crippen LogP contribution in [0.4, 0.5) is 5.69 Å². The van der Waals surface area contributed by atoms with Gasteiger partial charge >= 0.3 is 11.9 Å². The molecule has 7 nitrogen and oxygen atoms in total. The van der Waals surface area contributed by atoms with E-state index in [4.69, 9.17) is 9.47 Å². The standard InChI is InChI=1S/C23H26N2O5/c1-23(28)14-17(25-24-16-12-8-5-9-13-16)19(21(26)29-2)18(20(23)22(27)30-3)15-10-6-4-7-11-15/h4-13,18-20,24,28H,14H2,1-3H3/b25-17+. The number of para-hydroxylation sites is 1. The Bertz CT molecular complexity index is 912. The zero-order valence-electron chi connectivity index (χ0n) is 17.2. The maximum absolute atomic E-state index is 12.9. The first-order chi connectivity index (χ1) is 14.4. The van der Waals surface area contributed by atoms with Crippen molar-refractivity contribution in [1.29, 1.82) is 0 Å². The number of hydrazone groups is 1. The van der Waals surface area contributed by atoms with Gasteiger partial charge in [-0.15, -0.1) is 0 Å². The number of esters is 2. The highest BCUT2D eigenvalue weighted by Gasteiger charge is 2.56. The third-order valence-electron chi connectivity index (χ3n) is 5.48. The SMILES string of the molecule is COC(=O)C1/C(=N/Nc2ccccc2)CC(C)(O)C(C(=O)OC)C1c1ccccc1. The maximum atomic E-state index is 12.9. The van der Waals surface area contributed by atoms with Crippen molar-refractivity contribution in [2.45, 2.75) is 24.9 Å². The summed E-state index contributed by atoms with van der Waals surface area (Å²) in [5.41, 5.74) is 3.33. The summed E-state index contributed by atoms with van der Waals surface area (Å²) in [6, 6.07) is 18.4. The van der Waals surface area contributed by atoms with Gasteiger partial charge in [0.25, 0.3) is 0 Å². The van der Waals surface area contributed by atoms with Gasteiger partial charge in [-0.2, -0.15) is 5.10 Å². The van der Waals surface area contributed by atoms with E-state index in [1.807, 2.05) is 60.7 Å². The lowest BCUT2D eigenvalue weighted by molar-refractivity contribution is -0.160. The van der Waals surface area contributed by atoms with Gasteiger partial charge in [-0.25, -0.2) is 0 Å². The van der Waals surface area contributed by atoms with Crippen molar-refractivity contribution < 1.29 is 24.2 Å².